The quantitative estimate of drug-likeness (QED) is 0.183. The number of imidazole rings is 1. The molecule has 6 aromatic carbocycles. The fourth-order valence-corrected chi connectivity index (χ4v) is 7.52. The molecule has 4 nitrogen and oxygen atoms in total. The molecule has 0 unspecified atom stereocenters. The zero-order valence-electron chi connectivity index (χ0n) is 39.8. The van der Waals surface area contributed by atoms with Crippen molar-refractivity contribution in [2.45, 2.75) is 78.6 Å². The first-order chi connectivity index (χ1) is 29.6. The van der Waals surface area contributed by atoms with Gasteiger partial charge in [0.2, 0.25) is 0 Å². The largest absolute Gasteiger partial charge is 0.507 e. The van der Waals surface area contributed by atoms with Crippen molar-refractivity contribution in [1.29, 1.82) is 0 Å². The number of aromatic nitrogens is 3. The van der Waals surface area contributed by atoms with Crippen molar-refractivity contribution >= 4 is 11.0 Å². The summed E-state index contributed by atoms with van der Waals surface area (Å²) in [5, 5.41) is 12.3. The summed E-state index contributed by atoms with van der Waals surface area (Å²) >= 11 is 0. The SMILES string of the molecule is [2H]c1c([2H])c([2H])c(-c2ccnc(-c3cc(-c4cccc5c4nc(-c4cc(C(C)(C)C)cc(C(C)(C)C)c4O)n5-c4ccc(-c5ccccc5)cc4)cc(C(C)(C)C)c3)c2)c([2H])c1[2H]. The van der Waals surface area contributed by atoms with Crippen molar-refractivity contribution < 1.29 is 12.0 Å². The molecule has 0 saturated heterocycles. The molecule has 0 bridgehead atoms. The lowest BCUT2D eigenvalue weighted by Crippen LogP contribution is -2.17. The highest BCUT2D eigenvalue weighted by Crippen LogP contribution is 2.45. The minimum absolute atomic E-state index is 0.130. The number of phenols is 1. The molecular formula is C54H53N3O. The molecule has 0 radical (unpaired) electrons. The molecule has 0 fully saturated rings. The van der Waals surface area contributed by atoms with E-state index in [2.05, 4.69) is 146 Å². The number of benzene rings is 6. The van der Waals surface area contributed by atoms with Crippen LogP contribution in [0.5, 0.6) is 5.75 Å². The van der Waals surface area contributed by atoms with Gasteiger partial charge in [0.1, 0.15) is 11.6 Å². The minimum atomic E-state index is -0.429. The topological polar surface area (TPSA) is 50.9 Å². The van der Waals surface area contributed by atoms with Gasteiger partial charge in [-0.3, -0.25) is 9.55 Å². The van der Waals surface area contributed by atoms with Gasteiger partial charge < -0.3 is 5.11 Å². The van der Waals surface area contributed by atoms with Crippen LogP contribution in [0.3, 0.4) is 0 Å². The monoisotopic (exact) mass is 764 g/mol. The van der Waals surface area contributed by atoms with Crippen LogP contribution in [0.2, 0.25) is 0 Å². The van der Waals surface area contributed by atoms with Gasteiger partial charge in [-0.05, 0) is 104 Å². The number of nitrogens with zero attached hydrogens (tertiary/aromatic N) is 3. The van der Waals surface area contributed by atoms with Gasteiger partial charge in [0, 0.05) is 28.6 Å². The van der Waals surface area contributed by atoms with Crippen molar-refractivity contribution in [1.82, 2.24) is 14.5 Å². The normalized spacial score (nSPS) is 13.5. The molecule has 2 heterocycles. The first kappa shape index (κ1) is 32.8. The molecule has 0 atom stereocenters. The van der Waals surface area contributed by atoms with Crippen LogP contribution in [0.1, 0.15) is 85.9 Å². The second-order valence-corrected chi connectivity index (χ2v) is 18.3. The van der Waals surface area contributed by atoms with Crippen molar-refractivity contribution in [3.05, 3.63) is 168 Å². The minimum Gasteiger partial charge on any atom is -0.507 e. The molecule has 58 heavy (non-hydrogen) atoms. The van der Waals surface area contributed by atoms with E-state index in [4.69, 9.17) is 16.8 Å². The third-order valence-corrected chi connectivity index (χ3v) is 10.9. The molecule has 2 aromatic heterocycles. The molecule has 1 N–H and O–H groups in total. The van der Waals surface area contributed by atoms with E-state index in [1.165, 1.54) is 0 Å². The number of pyridine rings is 1. The second-order valence-electron chi connectivity index (χ2n) is 18.3. The van der Waals surface area contributed by atoms with Crippen LogP contribution in [0.4, 0.5) is 0 Å². The summed E-state index contributed by atoms with van der Waals surface area (Å²) in [5.74, 6) is 0.829. The van der Waals surface area contributed by atoms with Crippen molar-refractivity contribution in [3.8, 4) is 67.5 Å². The first-order valence-corrected chi connectivity index (χ1v) is 19.9. The van der Waals surface area contributed by atoms with Crippen molar-refractivity contribution in [3.63, 3.8) is 0 Å². The van der Waals surface area contributed by atoms with Crippen LogP contribution in [0.25, 0.3) is 72.7 Å². The van der Waals surface area contributed by atoms with E-state index < -0.39 is 6.04 Å². The summed E-state index contributed by atoms with van der Waals surface area (Å²) in [4.78, 5) is 10.3. The van der Waals surface area contributed by atoms with Gasteiger partial charge in [0.05, 0.1) is 29.1 Å². The maximum absolute atomic E-state index is 12.3. The number of phenolic OH excluding ortho intramolecular Hbond substituents is 1. The summed E-state index contributed by atoms with van der Waals surface area (Å²) < 4.78 is 44.2. The zero-order valence-corrected chi connectivity index (χ0v) is 34.8. The number of hydrogen-bond acceptors (Lipinski definition) is 3. The number of rotatable bonds is 6. The third kappa shape index (κ3) is 7.47. The lowest BCUT2D eigenvalue weighted by molar-refractivity contribution is 0.446. The third-order valence-electron chi connectivity index (χ3n) is 10.9. The van der Waals surface area contributed by atoms with E-state index >= 15 is 0 Å². The van der Waals surface area contributed by atoms with Gasteiger partial charge in [-0.1, -0.05) is 159 Å². The molecule has 8 rings (SSSR count). The van der Waals surface area contributed by atoms with Gasteiger partial charge in [-0.15, -0.1) is 0 Å². The second kappa shape index (κ2) is 14.6. The standard InChI is InChI=1S/C54H53N3O/c1-52(2,3)41-30-39(29-40(31-41)47-32-38(27-28-55-47)36-19-14-11-15-20-36)44-21-16-22-48-49(44)56-51(45-33-42(53(4,5)6)34-46(50(45)58)54(7,8)9)57(48)43-25-23-37(24-26-43)35-17-12-10-13-18-35/h10-34,58H,1-9H3/i11D,14D,15D,19D,20D. The van der Waals surface area contributed by atoms with Crippen LogP contribution in [0.15, 0.2) is 152 Å². The number of aromatic hydroxyl groups is 1. The summed E-state index contributed by atoms with van der Waals surface area (Å²) in [6, 6.07) is 37.4. The number of fused-ring (bicyclic) bond motifs is 1. The van der Waals surface area contributed by atoms with E-state index in [1.54, 1.807) is 18.3 Å². The molecule has 0 aliphatic heterocycles. The van der Waals surface area contributed by atoms with E-state index in [0.29, 0.717) is 22.6 Å². The highest BCUT2D eigenvalue weighted by molar-refractivity contribution is 5.97. The first-order valence-electron chi connectivity index (χ1n) is 22.4. The van der Waals surface area contributed by atoms with Gasteiger partial charge >= 0.3 is 0 Å². The Bertz CT molecular complexity index is 3030. The lowest BCUT2D eigenvalue weighted by Gasteiger charge is -2.27. The summed E-state index contributed by atoms with van der Waals surface area (Å²) in [7, 11) is 0. The van der Waals surface area contributed by atoms with Crippen LogP contribution in [0, 0.1) is 0 Å². The summed E-state index contributed by atoms with van der Waals surface area (Å²) in [5.41, 5.74) is 11.4. The van der Waals surface area contributed by atoms with E-state index in [9.17, 15) is 5.11 Å². The number of para-hydroxylation sites is 1. The van der Waals surface area contributed by atoms with Gasteiger partial charge in [-0.2, -0.15) is 0 Å². The maximum Gasteiger partial charge on any atom is 0.149 e. The van der Waals surface area contributed by atoms with Gasteiger partial charge in [0.15, 0.2) is 0 Å². The Hall–Kier alpha value is -6.26. The van der Waals surface area contributed by atoms with Gasteiger partial charge in [-0.25, -0.2) is 4.98 Å². The van der Waals surface area contributed by atoms with Crippen molar-refractivity contribution in [2.24, 2.45) is 0 Å². The Kier molecular flexibility index (Phi) is 8.25. The molecule has 290 valence electrons. The van der Waals surface area contributed by atoms with Gasteiger partial charge in [0.25, 0.3) is 0 Å². The van der Waals surface area contributed by atoms with Crippen molar-refractivity contribution in [2.75, 3.05) is 0 Å². The maximum atomic E-state index is 12.3. The fraction of sp³-hybridized carbons (Fsp3) is 0.222. The highest BCUT2D eigenvalue weighted by atomic mass is 16.3. The predicted octanol–water partition coefficient (Wildman–Crippen LogP) is 14.4. The molecule has 8 aromatic rings. The Labute approximate surface area is 351 Å². The van der Waals surface area contributed by atoms with E-state index in [-0.39, 0.29) is 51.7 Å². The average Bonchev–Trinajstić information content (AvgIpc) is 3.64. The average molecular weight is 765 g/mol. The Morgan fingerprint density at radius 3 is 1.86 bits per heavy atom. The fourth-order valence-electron chi connectivity index (χ4n) is 7.52. The Morgan fingerprint density at radius 1 is 0.534 bits per heavy atom. The number of hydrogen-bond donors (Lipinski definition) is 1. The molecule has 4 heteroatoms. The molecular weight excluding hydrogens is 707 g/mol. The predicted molar refractivity (Wildman–Crippen MR) is 244 cm³/mol. The Balaban J connectivity index is 1.39. The van der Waals surface area contributed by atoms with Crippen LogP contribution in [-0.4, -0.2) is 19.6 Å². The summed E-state index contributed by atoms with van der Waals surface area (Å²) in [6.45, 7) is 19.4. The summed E-state index contributed by atoms with van der Waals surface area (Å²) in [6.07, 6.45) is 1.62. The van der Waals surface area contributed by atoms with E-state index in [1.807, 2.05) is 24.3 Å². The Morgan fingerprint density at radius 2 is 1.19 bits per heavy atom. The smallest absolute Gasteiger partial charge is 0.149 e. The van der Waals surface area contributed by atoms with Crippen LogP contribution < -0.4 is 0 Å². The highest BCUT2D eigenvalue weighted by Gasteiger charge is 2.29. The van der Waals surface area contributed by atoms with E-state index in [0.717, 1.165) is 61.2 Å². The molecule has 0 aliphatic rings. The molecule has 0 spiro atoms. The van der Waals surface area contributed by atoms with Crippen LogP contribution >= 0.6 is 0 Å². The lowest BCUT2D eigenvalue weighted by atomic mass is 9.79. The molecule has 0 amide bonds. The zero-order chi connectivity index (χ0) is 45.3. The molecule has 0 aliphatic carbocycles. The molecule has 0 saturated carbocycles. The van der Waals surface area contributed by atoms with Crippen LogP contribution in [-0.2, 0) is 16.2 Å².